The summed E-state index contributed by atoms with van der Waals surface area (Å²) in [5.74, 6) is 1.16. The van der Waals surface area contributed by atoms with Gasteiger partial charge in [0.15, 0.2) is 0 Å². The number of aryl methyl sites for hydroxylation is 2. The number of rotatable bonds is 6. The number of nitrogens with two attached hydrogens (primary N) is 1. The SMILES string of the molecule is CCc1nc2cc(N)ccc2n1CCCCN(C)C. The Hall–Kier alpha value is -1.55. The minimum absolute atomic E-state index is 0.785. The highest BCUT2D eigenvalue weighted by Gasteiger charge is 2.09. The summed E-state index contributed by atoms with van der Waals surface area (Å²) < 4.78 is 2.34. The summed E-state index contributed by atoms with van der Waals surface area (Å²) in [6, 6.07) is 6.01. The van der Waals surface area contributed by atoms with Gasteiger partial charge in [0.1, 0.15) is 5.82 Å². The molecule has 0 aliphatic heterocycles. The van der Waals surface area contributed by atoms with Crippen LogP contribution in [0.3, 0.4) is 0 Å². The number of unbranched alkanes of at least 4 members (excludes halogenated alkanes) is 1. The second kappa shape index (κ2) is 6.06. The van der Waals surface area contributed by atoms with Crippen LogP contribution in [0.5, 0.6) is 0 Å². The van der Waals surface area contributed by atoms with Crippen LogP contribution in [0.4, 0.5) is 5.69 Å². The maximum absolute atomic E-state index is 5.82. The Balaban J connectivity index is 2.16. The lowest BCUT2D eigenvalue weighted by Gasteiger charge is -2.11. The molecule has 2 N–H and O–H groups in total. The number of nitrogens with zero attached hydrogens (tertiary/aromatic N) is 3. The Morgan fingerprint density at radius 1 is 1.26 bits per heavy atom. The van der Waals surface area contributed by atoms with Crippen LogP contribution < -0.4 is 5.73 Å². The van der Waals surface area contributed by atoms with E-state index in [1.165, 1.54) is 18.4 Å². The molecular formula is C15H24N4. The molecule has 2 aromatic rings. The van der Waals surface area contributed by atoms with E-state index in [4.69, 9.17) is 5.73 Å². The molecule has 0 bridgehead atoms. The van der Waals surface area contributed by atoms with Crippen LogP contribution >= 0.6 is 0 Å². The number of fused-ring (bicyclic) bond motifs is 1. The molecule has 0 saturated heterocycles. The molecule has 0 spiro atoms. The van der Waals surface area contributed by atoms with E-state index in [1.54, 1.807) is 0 Å². The molecule has 0 atom stereocenters. The second-order valence-corrected chi connectivity index (χ2v) is 5.29. The Morgan fingerprint density at radius 3 is 2.74 bits per heavy atom. The highest BCUT2D eigenvalue weighted by molar-refractivity contribution is 5.79. The summed E-state index contributed by atoms with van der Waals surface area (Å²) in [4.78, 5) is 6.91. The molecule has 0 unspecified atom stereocenters. The molecule has 0 aliphatic carbocycles. The molecule has 2 rings (SSSR count). The van der Waals surface area contributed by atoms with Gasteiger partial charge in [0.05, 0.1) is 11.0 Å². The van der Waals surface area contributed by atoms with Crippen molar-refractivity contribution in [3.05, 3.63) is 24.0 Å². The fourth-order valence-corrected chi connectivity index (χ4v) is 2.41. The number of aromatic nitrogens is 2. The van der Waals surface area contributed by atoms with E-state index in [2.05, 4.69) is 41.5 Å². The van der Waals surface area contributed by atoms with E-state index in [1.807, 2.05) is 12.1 Å². The number of benzene rings is 1. The maximum Gasteiger partial charge on any atom is 0.109 e. The van der Waals surface area contributed by atoms with Crippen LogP contribution in [0.25, 0.3) is 11.0 Å². The smallest absolute Gasteiger partial charge is 0.109 e. The fourth-order valence-electron chi connectivity index (χ4n) is 2.41. The van der Waals surface area contributed by atoms with Crippen LogP contribution in [0.1, 0.15) is 25.6 Å². The van der Waals surface area contributed by atoms with Crippen molar-refractivity contribution in [2.75, 3.05) is 26.4 Å². The quantitative estimate of drug-likeness (QED) is 0.641. The van der Waals surface area contributed by atoms with Gasteiger partial charge in [0.2, 0.25) is 0 Å². The van der Waals surface area contributed by atoms with Crippen molar-refractivity contribution >= 4 is 16.7 Å². The number of nitrogen functional groups attached to an aromatic ring is 1. The van der Waals surface area contributed by atoms with Crippen LogP contribution in [0, 0.1) is 0 Å². The molecule has 0 amide bonds. The first-order valence-corrected chi connectivity index (χ1v) is 7.01. The number of imidazole rings is 1. The summed E-state index contributed by atoms with van der Waals surface area (Å²) in [6.45, 7) is 4.33. The average molecular weight is 260 g/mol. The van der Waals surface area contributed by atoms with Crippen LogP contribution in [0.15, 0.2) is 18.2 Å². The lowest BCUT2D eigenvalue weighted by atomic mass is 10.2. The molecule has 104 valence electrons. The molecule has 0 radical (unpaired) electrons. The second-order valence-electron chi connectivity index (χ2n) is 5.29. The highest BCUT2D eigenvalue weighted by Crippen LogP contribution is 2.20. The Labute approximate surface area is 115 Å². The average Bonchev–Trinajstić information content (AvgIpc) is 2.71. The minimum atomic E-state index is 0.785. The van der Waals surface area contributed by atoms with Crippen molar-refractivity contribution in [3.8, 4) is 0 Å². The van der Waals surface area contributed by atoms with Crippen LogP contribution in [0.2, 0.25) is 0 Å². The van der Waals surface area contributed by atoms with Gasteiger partial charge >= 0.3 is 0 Å². The third-order valence-electron chi connectivity index (χ3n) is 3.40. The molecule has 0 fully saturated rings. The molecule has 0 aliphatic rings. The van der Waals surface area contributed by atoms with Gasteiger partial charge in [-0.2, -0.15) is 0 Å². The molecule has 1 heterocycles. The van der Waals surface area contributed by atoms with Crippen molar-refractivity contribution in [3.63, 3.8) is 0 Å². The van der Waals surface area contributed by atoms with E-state index in [0.717, 1.165) is 36.5 Å². The molecule has 0 saturated carbocycles. The highest BCUT2D eigenvalue weighted by atomic mass is 15.1. The summed E-state index contributed by atoms with van der Waals surface area (Å²) in [7, 11) is 4.24. The van der Waals surface area contributed by atoms with Gasteiger partial charge in [0, 0.05) is 18.7 Å². The lowest BCUT2D eigenvalue weighted by Crippen LogP contribution is -2.13. The molecule has 19 heavy (non-hydrogen) atoms. The van der Waals surface area contributed by atoms with Crippen molar-refractivity contribution in [2.24, 2.45) is 0 Å². The van der Waals surface area contributed by atoms with Gasteiger partial charge < -0.3 is 15.2 Å². The maximum atomic E-state index is 5.82. The van der Waals surface area contributed by atoms with Crippen LogP contribution in [-0.4, -0.2) is 35.1 Å². The minimum Gasteiger partial charge on any atom is -0.399 e. The Bertz CT molecular complexity index is 542. The first kappa shape index (κ1) is 13.9. The predicted octanol–water partition coefficient (Wildman–Crippen LogP) is 2.52. The van der Waals surface area contributed by atoms with Gasteiger partial charge in [-0.15, -0.1) is 0 Å². The Morgan fingerprint density at radius 2 is 2.05 bits per heavy atom. The Kier molecular flexibility index (Phi) is 4.43. The van der Waals surface area contributed by atoms with Crippen molar-refractivity contribution in [2.45, 2.75) is 32.7 Å². The van der Waals surface area contributed by atoms with Gasteiger partial charge in [-0.05, 0) is 51.7 Å². The van der Waals surface area contributed by atoms with Crippen molar-refractivity contribution < 1.29 is 0 Å². The standard InChI is InChI=1S/C15H24N4/c1-4-15-17-13-11-12(16)7-8-14(13)19(15)10-6-5-9-18(2)3/h7-8,11H,4-6,9-10,16H2,1-3H3. The van der Waals surface area contributed by atoms with E-state index >= 15 is 0 Å². The topological polar surface area (TPSA) is 47.1 Å². The number of hydrogen-bond donors (Lipinski definition) is 1. The molecule has 1 aromatic carbocycles. The fraction of sp³-hybridized carbons (Fsp3) is 0.533. The van der Waals surface area contributed by atoms with Gasteiger partial charge in [0.25, 0.3) is 0 Å². The molecule has 4 nitrogen and oxygen atoms in total. The van der Waals surface area contributed by atoms with E-state index in [0.29, 0.717) is 0 Å². The normalized spacial score (nSPS) is 11.6. The molecular weight excluding hydrogens is 236 g/mol. The first-order valence-electron chi connectivity index (χ1n) is 7.01. The lowest BCUT2D eigenvalue weighted by molar-refractivity contribution is 0.387. The monoisotopic (exact) mass is 260 g/mol. The first-order chi connectivity index (χ1) is 9.11. The van der Waals surface area contributed by atoms with E-state index < -0.39 is 0 Å². The van der Waals surface area contributed by atoms with Gasteiger partial charge in [-0.25, -0.2) is 4.98 Å². The number of anilines is 1. The molecule has 1 aromatic heterocycles. The number of hydrogen-bond acceptors (Lipinski definition) is 3. The summed E-state index contributed by atoms with van der Waals surface area (Å²) in [5.41, 5.74) is 8.83. The van der Waals surface area contributed by atoms with Crippen molar-refractivity contribution in [1.82, 2.24) is 14.5 Å². The van der Waals surface area contributed by atoms with Gasteiger partial charge in [-0.3, -0.25) is 0 Å². The zero-order valence-electron chi connectivity index (χ0n) is 12.2. The third kappa shape index (κ3) is 3.26. The summed E-state index contributed by atoms with van der Waals surface area (Å²) in [6.07, 6.45) is 3.36. The zero-order valence-corrected chi connectivity index (χ0v) is 12.2. The molecule has 4 heteroatoms. The van der Waals surface area contributed by atoms with E-state index in [9.17, 15) is 0 Å². The zero-order chi connectivity index (χ0) is 13.8. The van der Waals surface area contributed by atoms with Gasteiger partial charge in [-0.1, -0.05) is 6.92 Å². The van der Waals surface area contributed by atoms with E-state index in [-0.39, 0.29) is 0 Å². The largest absolute Gasteiger partial charge is 0.399 e. The van der Waals surface area contributed by atoms with Crippen molar-refractivity contribution in [1.29, 1.82) is 0 Å². The predicted molar refractivity (Wildman–Crippen MR) is 81.3 cm³/mol. The summed E-state index contributed by atoms with van der Waals surface area (Å²) >= 11 is 0. The summed E-state index contributed by atoms with van der Waals surface area (Å²) in [5, 5.41) is 0. The third-order valence-corrected chi connectivity index (χ3v) is 3.40. The van der Waals surface area contributed by atoms with Crippen LogP contribution in [-0.2, 0) is 13.0 Å².